The molecule has 0 aliphatic heterocycles. The molecule has 0 unspecified atom stereocenters. The molecule has 0 radical (unpaired) electrons. The van der Waals surface area contributed by atoms with E-state index in [-0.39, 0.29) is 23.2 Å². The van der Waals surface area contributed by atoms with Crippen LogP contribution in [-0.4, -0.2) is 30.3 Å². The van der Waals surface area contributed by atoms with E-state index in [4.69, 9.17) is 15.6 Å². The van der Waals surface area contributed by atoms with Gasteiger partial charge in [0.05, 0.1) is 23.1 Å². The summed E-state index contributed by atoms with van der Waals surface area (Å²) in [6.07, 6.45) is 3.35. The number of rotatable bonds is 6. The van der Waals surface area contributed by atoms with Crippen molar-refractivity contribution >= 4 is 33.0 Å². The maximum atomic E-state index is 15.1. The Kier molecular flexibility index (Phi) is 5.90. The molecule has 2 aromatic carbocycles. The van der Waals surface area contributed by atoms with Crippen LogP contribution in [0.1, 0.15) is 42.6 Å². The fourth-order valence-electron chi connectivity index (χ4n) is 5.35. The first-order valence-electron chi connectivity index (χ1n) is 13.5. The highest BCUT2D eigenvalue weighted by Crippen LogP contribution is 2.38. The zero-order valence-corrected chi connectivity index (χ0v) is 23.6. The first-order valence-corrected chi connectivity index (χ1v) is 14.3. The van der Waals surface area contributed by atoms with Crippen LogP contribution in [0.3, 0.4) is 0 Å². The molecule has 1 aliphatic rings. The van der Waals surface area contributed by atoms with Gasteiger partial charge in [-0.05, 0) is 69.0 Å². The largest absolute Gasteiger partial charge is 0.487 e. The van der Waals surface area contributed by atoms with Crippen molar-refractivity contribution in [3.8, 4) is 28.1 Å². The zero-order chi connectivity index (χ0) is 28.4. The Hall–Kier alpha value is -4.57. The van der Waals surface area contributed by atoms with Crippen molar-refractivity contribution in [2.75, 3.05) is 5.73 Å². The maximum absolute atomic E-state index is 15.1. The molecule has 1 saturated carbocycles. The van der Waals surface area contributed by atoms with Crippen molar-refractivity contribution in [1.29, 1.82) is 0 Å². The monoisotopic (exact) mass is 566 g/mol. The van der Waals surface area contributed by atoms with Gasteiger partial charge in [0.2, 0.25) is 0 Å². The number of ether oxygens (including phenoxy) is 1. The number of thiazole rings is 1. The standard InChI is InChI=1S/C31H27FN6O2S/c1-16-5-4-6-19(11-16)26-22(13-25-37(31(26)39)17(2)14-41-25)18(3)38-30-27(29(33)34-15-35-30)28(36-38)20-7-10-24(23(32)12-20)40-21-8-9-21/h4-7,10-15,18,21H,8-9H2,1-3H3,(H2,33,34,35)/t18-/m0/s1. The van der Waals surface area contributed by atoms with Crippen LogP contribution in [0, 0.1) is 19.7 Å². The number of nitrogens with two attached hydrogens (primary N) is 1. The third kappa shape index (κ3) is 4.26. The van der Waals surface area contributed by atoms with Crippen LogP contribution < -0.4 is 16.0 Å². The molecule has 0 saturated heterocycles. The van der Waals surface area contributed by atoms with E-state index < -0.39 is 11.9 Å². The summed E-state index contributed by atoms with van der Waals surface area (Å²) in [5.41, 5.74) is 11.9. The van der Waals surface area contributed by atoms with Crippen LogP contribution in [0.2, 0.25) is 0 Å². The number of pyridine rings is 1. The Morgan fingerprint density at radius 2 is 1.93 bits per heavy atom. The molecule has 4 heterocycles. The lowest BCUT2D eigenvalue weighted by Gasteiger charge is -2.18. The quantitative estimate of drug-likeness (QED) is 0.253. The fourth-order valence-corrected chi connectivity index (χ4v) is 6.28. The Morgan fingerprint density at radius 1 is 1.10 bits per heavy atom. The summed E-state index contributed by atoms with van der Waals surface area (Å²) in [5, 5.41) is 7.43. The first kappa shape index (κ1) is 25.4. The van der Waals surface area contributed by atoms with Crippen LogP contribution in [-0.2, 0) is 0 Å². The van der Waals surface area contributed by atoms with Crippen molar-refractivity contribution in [2.24, 2.45) is 0 Å². The van der Waals surface area contributed by atoms with E-state index in [9.17, 15) is 4.79 Å². The number of anilines is 1. The van der Waals surface area contributed by atoms with Gasteiger partial charge in [0.1, 0.15) is 22.7 Å². The lowest BCUT2D eigenvalue weighted by atomic mass is 9.96. The van der Waals surface area contributed by atoms with Crippen molar-refractivity contribution in [2.45, 2.75) is 45.8 Å². The van der Waals surface area contributed by atoms with Crippen molar-refractivity contribution in [3.63, 3.8) is 0 Å². The van der Waals surface area contributed by atoms with Crippen molar-refractivity contribution < 1.29 is 9.13 Å². The summed E-state index contributed by atoms with van der Waals surface area (Å²) in [4.78, 5) is 23.6. The van der Waals surface area contributed by atoms with E-state index in [0.29, 0.717) is 27.9 Å². The zero-order valence-electron chi connectivity index (χ0n) is 22.8. The molecule has 0 bridgehead atoms. The lowest BCUT2D eigenvalue weighted by molar-refractivity contribution is 0.287. The third-order valence-corrected chi connectivity index (χ3v) is 8.57. The number of hydrogen-bond acceptors (Lipinski definition) is 7. The van der Waals surface area contributed by atoms with Gasteiger partial charge in [0, 0.05) is 16.6 Å². The third-order valence-electron chi connectivity index (χ3n) is 7.57. The predicted octanol–water partition coefficient (Wildman–Crippen LogP) is 6.32. The van der Waals surface area contributed by atoms with Crippen LogP contribution in [0.5, 0.6) is 5.75 Å². The Labute approximate surface area is 238 Å². The number of nitrogens with zero attached hydrogens (tertiary/aromatic N) is 5. The molecule has 6 aromatic rings. The minimum atomic E-state index is -0.464. The van der Waals surface area contributed by atoms with Gasteiger partial charge in [-0.3, -0.25) is 9.20 Å². The molecule has 4 aromatic heterocycles. The molecule has 0 spiro atoms. The molecule has 2 N–H and O–H groups in total. The summed E-state index contributed by atoms with van der Waals surface area (Å²) in [5.74, 6) is -0.000268. The average molecular weight is 567 g/mol. The molecule has 8 nitrogen and oxygen atoms in total. The number of aromatic nitrogens is 5. The fraction of sp³-hybridized carbons (Fsp3) is 0.226. The highest BCUT2D eigenvalue weighted by Gasteiger charge is 2.27. The average Bonchev–Trinajstić information content (AvgIpc) is 3.56. The molecule has 0 amide bonds. The van der Waals surface area contributed by atoms with E-state index in [0.717, 1.165) is 40.1 Å². The van der Waals surface area contributed by atoms with Gasteiger partial charge >= 0.3 is 0 Å². The van der Waals surface area contributed by atoms with Gasteiger partial charge in [-0.2, -0.15) is 5.10 Å². The van der Waals surface area contributed by atoms with E-state index in [2.05, 4.69) is 9.97 Å². The maximum Gasteiger partial charge on any atom is 0.264 e. The number of benzene rings is 2. The van der Waals surface area contributed by atoms with E-state index in [1.165, 1.54) is 23.7 Å². The molecule has 41 heavy (non-hydrogen) atoms. The van der Waals surface area contributed by atoms with Gasteiger partial charge < -0.3 is 10.5 Å². The predicted molar refractivity (Wildman–Crippen MR) is 159 cm³/mol. The number of aryl methyl sites for hydroxylation is 2. The number of halogens is 1. The van der Waals surface area contributed by atoms with Gasteiger partial charge in [-0.15, -0.1) is 11.3 Å². The van der Waals surface area contributed by atoms with E-state index >= 15 is 4.39 Å². The molecule has 10 heteroatoms. The second kappa shape index (κ2) is 9.52. The minimum Gasteiger partial charge on any atom is -0.487 e. The summed E-state index contributed by atoms with van der Waals surface area (Å²) in [7, 11) is 0. The van der Waals surface area contributed by atoms with Crippen LogP contribution in [0.4, 0.5) is 10.2 Å². The smallest absolute Gasteiger partial charge is 0.264 e. The second-order valence-electron chi connectivity index (χ2n) is 10.6. The molecule has 1 fully saturated rings. The topological polar surface area (TPSA) is 100 Å². The molecular weight excluding hydrogens is 539 g/mol. The first-order chi connectivity index (χ1) is 19.8. The normalized spacial score (nSPS) is 14.1. The van der Waals surface area contributed by atoms with Gasteiger partial charge in [0.15, 0.2) is 17.2 Å². The summed E-state index contributed by atoms with van der Waals surface area (Å²) in [6, 6.07) is 14.4. The highest BCUT2D eigenvalue weighted by atomic mass is 32.1. The number of nitrogen functional groups attached to an aromatic ring is 1. The van der Waals surface area contributed by atoms with Gasteiger partial charge in [0.25, 0.3) is 5.56 Å². The van der Waals surface area contributed by atoms with Gasteiger partial charge in [-0.1, -0.05) is 29.8 Å². The van der Waals surface area contributed by atoms with E-state index in [1.807, 2.05) is 56.5 Å². The minimum absolute atomic E-state index is 0.0800. The summed E-state index contributed by atoms with van der Waals surface area (Å²) < 4.78 is 24.3. The second-order valence-corrected chi connectivity index (χ2v) is 11.5. The van der Waals surface area contributed by atoms with Crippen LogP contribution in [0.15, 0.2) is 65.0 Å². The number of fused-ring (bicyclic) bond motifs is 2. The Balaban J connectivity index is 1.44. The van der Waals surface area contributed by atoms with Gasteiger partial charge in [-0.25, -0.2) is 19.0 Å². The van der Waals surface area contributed by atoms with Crippen molar-refractivity contribution in [1.82, 2.24) is 24.1 Å². The SMILES string of the molecule is Cc1cccc(-c2c([C@H](C)n3nc(-c4ccc(OC5CC5)c(F)c4)c4c(N)ncnc43)cc3scc(C)n3c2=O)c1. The lowest BCUT2D eigenvalue weighted by Crippen LogP contribution is -2.21. The molecule has 1 aliphatic carbocycles. The molecule has 206 valence electrons. The highest BCUT2D eigenvalue weighted by molar-refractivity contribution is 7.15. The molecule has 1 atom stereocenters. The van der Waals surface area contributed by atoms with E-state index in [1.54, 1.807) is 21.2 Å². The molecule has 7 rings (SSSR count). The summed E-state index contributed by atoms with van der Waals surface area (Å²) >= 11 is 1.52. The Bertz CT molecular complexity index is 2040. The Morgan fingerprint density at radius 3 is 2.68 bits per heavy atom. The van der Waals surface area contributed by atoms with Crippen molar-refractivity contribution in [3.05, 3.63) is 93.2 Å². The van der Waals surface area contributed by atoms with Crippen LogP contribution >= 0.6 is 11.3 Å². The summed E-state index contributed by atoms with van der Waals surface area (Å²) in [6.45, 7) is 5.92. The molecular formula is C31H27FN6O2S. The van der Waals surface area contributed by atoms with Crippen LogP contribution in [0.25, 0.3) is 38.2 Å². The number of hydrogen-bond donors (Lipinski definition) is 1.